The number of benzene rings is 2. The van der Waals surface area contributed by atoms with Gasteiger partial charge in [-0.25, -0.2) is 8.78 Å². The second-order valence-electron chi connectivity index (χ2n) is 13.5. The van der Waals surface area contributed by atoms with Crippen molar-refractivity contribution in [2.75, 3.05) is 27.2 Å². The van der Waals surface area contributed by atoms with Crippen LogP contribution in [0.3, 0.4) is 0 Å². The van der Waals surface area contributed by atoms with Crippen molar-refractivity contribution in [3.8, 4) is 22.3 Å². The Balaban J connectivity index is 0.000000187. The number of likely N-dealkylation sites (tertiary alicyclic amines) is 2. The standard InChI is InChI=1S/2C19H20FN3O.2ClH/c2*1-23-11-9-19(18(23)24)8-6-16(22-19)17-12-13(7-10-21-17)14-4-2-3-5-15(14)20;;/h2*2-5,7,10,12,16,22H,6,8-9,11H2,1H3;2*1H/t16-,19+;16-,19-;;/m10../s1. The van der Waals surface area contributed by atoms with Gasteiger partial charge in [0.1, 0.15) is 22.7 Å². The van der Waals surface area contributed by atoms with Gasteiger partial charge in [0.05, 0.1) is 23.5 Å². The quantitative estimate of drug-likeness (QED) is 0.245. The number of carbonyl (C=O) groups excluding carboxylic acids is 2. The first-order valence-electron chi connectivity index (χ1n) is 16.7. The molecule has 4 aliphatic heterocycles. The fourth-order valence-electron chi connectivity index (χ4n) is 7.78. The number of nitrogens with one attached hydrogen (secondary N) is 2. The number of rotatable bonds is 4. The first-order valence-corrected chi connectivity index (χ1v) is 16.7. The predicted molar refractivity (Wildman–Crippen MR) is 194 cm³/mol. The predicted octanol–water partition coefficient (Wildman–Crippen LogP) is 6.67. The minimum absolute atomic E-state index is 0. The van der Waals surface area contributed by atoms with Crippen LogP contribution in [0.2, 0.25) is 0 Å². The molecule has 2 aromatic carbocycles. The summed E-state index contributed by atoms with van der Waals surface area (Å²) >= 11 is 0. The number of hydrogen-bond acceptors (Lipinski definition) is 6. The highest BCUT2D eigenvalue weighted by molar-refractivity contribution is 5.89. The summed E-state index contributed by atoms with van der Waals surface area (Å²) in [6, 6.07) is 21.1. The zero-order valence-corrected chi connectivity index (χ0v) is 29.7. The van der Waals surface area contributed by atoms with Crippen molar-refractivity contribution >= 4 is 36.6 Å². The summed E-state index contributed by atoms with van der Waals surface area (Å²) in [6.07, 6.45) is 8.50. The van der Waals surface area contributed by atoms with Crippen molar-refractivity contribution in [2.24, 2.45) is 0 Å². The molecule has 0 unspecified atom stereocenters. The second-order valence-corrected chi connectivity index (χ2v) is 13.5. The lowest BCUT2D eigenvalue weighted by molar-refractivity contribution is -0.132. The molecule has 0 radical (unpaired) electrons. The minimum atomic E-state index is -0.435. The Morgan fingerprint density at radius 1 is 0.640 bits per heavy atom. The second kappa shape index (κ2) is 15.1. The van der Waals surface area contributed by atoms with Crippen LogP contribution in [-0.4, -0.2) is 69.8 Å². The van der Waals surface area contributed by atoms with Gasteiger partial charge in [0, 0.05) is 50.7 Å². The largest absolute Gasteiger partial charge is 0.344 e. The van der Waals surface area contributed by atoms with E-state index < -0.39 is 11.1 Å². The molecule has 4 saturated heterocycles. The number of hydrogen-bond donors (Lipinski definition) is 2. The number of amides is 2. The van der Waals surface area contributed by atoms with Gasteiger partial charge >= 0.3 is 0 Å². The van der Waals surface area contributed by atoms with Crippen LogP contribution in [0.15, 0.2) is 85.2 Å². The molecular weight excluding hydrogens is 681 g/mol. The molecule has 2 aromatic heterocycles. The Morgan fingerprint density at radius 3 is 1.40 bits per heavy atom. The van der Waals surface area contributed by atoms with Gasteiger partial charge in [0.15, 0.2) is 0 Å². The highest BCUT2D eigenvalue weighted by Gasteiger charge is 2.51. The summed E-state index contributed by atoms with van der Waals surface area (Å²) in [6.45, 7) is 1.59. The molecule has 8 rings (SSSR count). The van der Waals surface area contributed by atoms with E-state index in [1.54, 1.807) is 46.5 Å². The molecule has 4 aliphatic rings. The smallest absolute Gasteiger partial charge is 0.242 e. The highest BCUT2D eigenvalue weighted by Crippen LogP contribution is 2.40. The van der Waals surface area contributed by atoms with Crippen LogP contribution < -0.4 is 10.6 Å². The lowest BCUT2D eigenvalue weighted by Crippen LogP contribution is -2.47. The molecule has 50 heavy (non-hydrogen) atoms. The molecular formula is C38H42Cl2F2N6O2. The van der Waals surface area contributed by atoms with Crippen molar-refractivity contribution in [1.29, 1.82) is 0 Å². The van der Waals surface area contributed by atoms with Gasteiger partial charge in [-0.3, -0.25) is 30.2 Å². The fourth-order valence-corrected chi connectivity index (χ4v) is 7.78. The molecule has 2 spiro atoms. The van der Waals surface area contributed by atoms with Crippen molar-refractivity contribution < 1.29 is 18.4 Å². The third-order valence-corrected chi connectivity index (χ3v) is 10.5. The third-order valence-electron chi connectivity index (χ3n) is 10.5. The van der Waals surface area contributed by atoms with E-state index in [1.807, 2.05) is 50.5 Å². The maximum Gasteiger partial charge on any atom is 0.242 e. The van der Waals surface area contributed by atoms with Crippen molar-refractivity contribution in [2.45, 2.75) is 61.7 Å². The Bertz CT molecular complexity index is 1730. The van der Waals surface area contributed by atoms with Crippen molar-refractivity contribution in [3.05, 3.63) is 108 Å². The van der Waals surface area contributed by atoms with Crippen LogP contribution >= 0.6 is 24.8 Å². The minimum Gasteiger partial charge on any atom is -0.344 e. The molecule has 6 heterocycles. The summed E-state index contributed by atoms with van der Waals surface area (Å²) in [4.78, 5) is 37.4. The Hall–Kier alpha value is -3.96. The average molecular weight is 724 g/mol. The third kappa shape index (κ3) is 6.99. The average Bonchev–Trinajstić information content (AvgIpc) is 3.88. The van der Waals surface area contributed by atoms with Crippen LogP contribution in [0.1, 0.15) is 62.0 Å². The molecule has 2 amide bonds. The van der Waals surface area contributed by atoms with E-state index in [4.69, 9.17) is 0 Å². The number of carbonyl (C=O) groups is 2. The van der Waals surface area contributed by atoms with Crippen molar-refractivity contribution in [1.82, 2.24) is 30.4 Å². The number of nitrogens with zero attached hydrogens (tertiary/aromatic N) is 4. The molecule has 0 aliphatic carbocycles. The van der Waals surface area contributed by atoms with Crippen LogP contribution in [-0.2, 0) is 9.59 Å². The monoisotopic (exact) mass is 722 g/mol. The molecule has 12 heteroatoms. The SMILES string of the molecule is CN1CC[C@@]2(CC[C@@H](c3cc(-c4ccccc4F)ccn3)N2)C1=O.CN1CC[C@@]2(CC[C@H](c3cc(-c4ccccc4F)ccn3)N2)C1=O.Cl.Cl. The molecule has 2 N–H and O–H groups in total. The number of pyridine rings is 2. The first kappa shape index (κ1) is 37.3. The van der Waals surface area contributed by atoms with E-state index in [2.05, 4.69) is 20.6 Å². The zero-order valence-electron chi connectivity index (χ0n) is 28.1. The molecule has 4 atom stereocenters. The summed E-state index contributed by atoms with van der Waals surface area (Å²) in [7, 11) is 3.70. The maximum atomic E-state index is 14.0. The maximum absolute atomic E-state index is 14.0. The molecule has 264 valence electrons. The van der Waals surface area contributed by atoms with Crippen molar-refractivity contribution in [3.63, 3.8) is 0 Å². The van der Waals surface area contributed by atoms with Gasteiger partial charge in [-0.2, -0.15) is 0 Å². The molecule has 4 fully saturated rings. The van der Waals surface area contributed by atoms with Gasteiger partial charge in [-0.15, -0.1) is 24.8 Å². The molecule has 8 nitrogen and oxygen atoms in total. The van der Waals surface area contributed by atoms with E-state index in [-0.39, 0.29) is 60.3 Å². The van der Waals surface area contributed by atoms with E-state index >= 15 is 0 Å². The zero-order chi connectivity index (χ0) is 33.5. The number of aromatic nitrogens is 2. The summed E-state index contributed by atoms with van der Waals surface area (Å²) in [5, 5.41) is 7.02. The van der Waals surface area contributed by atoms with Crippen LogP contribution in [0.4, 0.5) is 8.78 Å². The highest BCUT2D eigenvalue weighted by atomic mass is 35.5. The van der Waals surface area contributed by atoms with Crippen LogP contribution in [0.5, 0.6) is 0 Å². The van der Waals surface area contributed by atoms with E-state index in [9.17, 15) is 18.4 Å². The van der Waals surface area contributed by atoms with Gasteiger partial charge in [0.25, 0.3) is 0 Å². The number of halogens is 4. The summed E-state index contributed by atoms with van der Waals surface area (Å²) in [5.41, 5.74) is 3.65. The molecule has 0 bridgehead atoms. The van der Waals surface area contributed by atoms with Crippen LogP contribution in [0, 0.1) is 11.6 Å². The summed E-state index contributed by atoms with van der Waals surface area (Å²) < 4.78 is 28.1. The normalized spacial score (nSPS) is 25.4. The summed E-state index contributed by atoms with van der Waals surface area (Å²) in [5.74, 6) is -0.123. The molecule has 4 aromatic rings. The van der Waals surface area contributed by atoms with E-state index in [0.29, 0.717) is 11.1 Å². The van der Waals surface area contributed by atoms with Gasteiger partial charge in [-0.05, 0) is 86.1 Å². The Kier molecular flexibility index (Phi) is 11.3. The lowest BCUT2D eigenvalue weighted by Gasteiger charge is -2.23. The Labute approximate surface area is 303 Å². The fraction of sp³-hybridized carbons (Fsp3) is 0.368. The van der Waals surface area contributed by atoms with E-state index in [1.165, 1.54) is 12.1 Å². The number of likely N-dealkylation sites (N-methyl/N-ethyl adjacent to an activating group) is 2. The van der Waals surface area contributed by atoms with Gasteiger partial charge in [-0.1, -0.05) is 36.4 Å². The van der Waals surface area contributed by atoms with E-state index in [0.717, 1.165) is 74.1 Å². The topological polar surface area (TPSA) is 90.5 Å². The Morgan fingerprint density at radius 2 is 1.04 bits per heavy atom. The van der Waals surface area contributed by atoms with Crippen LogP contribution in [0.25, 0.3) is 22.3 Å². The first-order chi connectivity index (χ1) is 23.2. The van der Waals surface area contributed by atoms with Gasteiger partial charge in [0.2, 0.25) is 11.8 Å². The van der Waals surface area contributed by atoms with Gasteiger partial charge < -0.3 is 9.80 Å². The molecule has 0 saturated carbocycles. The lowest BCUT2D eigenvalue weighted by atomic mass is 9.96.